The van der Waals surface area contributed by atoms with Crippen LogP contribution < -0.4 is 10.2 Å². The quantitative estimate of drug-likeness (QED) is 0.910. The normalized spacial score (nSPS) is 18.5. The molecule has 0 radical (unpaired) electrons. The maximum atomic E-state index is 12.9. The van der Waals surface area contributed by atoms with Crippen LogP contribution in [0.2, 0.25) is 0 Å². The van der Waals surface area contributed by atoms with Crippen LogP contribution in [0, 0.1) is 11.3 Å². The predicted molar refractivity (Wildman–Crippen MR) is 77.7 cm³/mol. The van der Waals surface area contributed by atoms with Gasteiger partial charge in [-0.15, -0.1) is 12.4 Å². The number of nitriles is 1. The van der Waals surface area contributed by atoms with Gasteiger partial charge in [-0.2, -0.15) is 18.4 Å². The molecule has 1 heterocycles. The fourth-order valence-electron chi connectivity index (χ4n) is 2.46. The Labute approximate surface area is 128 Å². The van der Waals surface area contributed by atoms with Crippen molar-refractivity contribution < 1.29 is 13.2 Å². The number of halogens is 4. The van der Waals surface area contributed by atoms with E-state index in [1.807, 2.05) is 4.90 Å². The van der Waals surface area contributed by atoms with Gasteiger partial charge in [0.15, 0.2) is 0 Å². The summed E-state index contributed by atoms with van der Waals surface area (Å²) in [6.45, 7) is 1.71. The minimum atomic E-state index is -4.51. The number of rotatable bonds is 2. The number of alkyl halides is 3. The summed E-state index contributed by atoms with van der Waals surface area (Å²) < 4.78 is 38.8. The van der Waals surface area contributed by atoms with Crippen molar-refractivity contribution in [1.82, 2.24) is 5.32 Å². The Hall–Kier alpha value is -1.45. The molecule has 21 heavy (non-hydrogen) atoms. The van der Waals surface area contributed by atoms with Gasteiger partial charge in [-0.25, -0.2) is 0 Å². The fraction of sp³-hybridized carbons (Fsp3) is 0.500. The number of piperidine rings is 1. The first-order valence-electron chi connectivity index (χ1n) is 6.48. The van der Waals surface area contributed by atoms with E-state index in [-0.39, 0.29) is 24.0 Å². The first-order valence-corrected chi connectivity index (χ1v) is 6.48. The molecule has 2 rings (SSSR count). The fourth-order valence-corrected chi connectivity index (χ4v) is 2.46. The molecule has 0 amide bonds. The number of benzene rings is 1. The third kappa shape index (κ3) is 4.02. The Morgan fingerprint density at radius 2 is 2.10 bits per heavy atom. The van der Waals surface area contributed by atoms with E-state index in [0.29, 0.717) is 5.69 Å². The van der Waals surface area contributed by atoms with Gasteiger partial charge in [0.2, 0.25) is 0 Å². The van der Waals surface area contributed by atoms with Gasteiger partial charge >= 0.3 is 6.18 Å². The number of hydrogen-bond donors (Lipinski definition) is 1. The lowest BCUT2D eigenvalue weighted by Crippen LogP contribution is -2.44. The third-order valence-corrected chi connectivity index (χ3v) is 3.65. The molecular formula is C14H17ClF3N3. The predicted octanol–water partition coefficient (Wildman–Crippen LogP) is 3.19. The lowest BCUT2D eigenvalue weighted by Gasteiger charge is -2.33. The average Bonchev–Trinajstić information content (AvgIpc) is 2.46. The molecule has 116 valence electrons. The van der Waals surface area contributed by atoms with E-state index in [1.54, 1.807) is 19.2 Å². The minimum absolute atomic E-state index is 0. The van der Waals surface area contributed by atoms with E-state index < -0.39 is 11.7 Å². The van der Waals surface area contributed by atoms with Gasteiger partial charge in [-0.3, -0.25) is 0 Å². The summed E-state index contributed by atoms with van der Waals surface area (Å²) in [6, 6.07) is 5.65. The van der Waals surface area contributed by atoms with Crippen molar-refractivity contribution in [2.45, 2.75) is 25.1 Å². The summed E-state index contributed by atoms with van der Waals surface area (Å²) in [5.41, 5.74) is -0.713. The largest absolute Gasteiger partial charge is 0.417 e. The summed E-state index contributed by atoms with van der Waals surface area (Å²) >= 11 is 0. The average molecular weight is 320 g/mol. The maximum Gasteiger partial charge on any atom is 0.417 e. The molecule has 1 atom stereocenters. The highest BCUT2D eigenvalue weighted by atomic mass is 35.5. The molecule has 1 fully saturated rings. The summed E-state index contributed by atoms with van der Waals surface area (Å²) in [7, 11) is 1.79. The van der Waals surface area contributed by atoms with Crippen LogP contribution in [0.5, 0.6) is 0 Å². The van der Waals surface area contributed by atoms with Gasteiger partial charge in [0, 0.05) is 25.3 Å². The highest BCUT2D eigenvalue weighted by Gasteiger charge is 2.34. The molecule has 1 aliphatic rings. The zero-order chi connectivity index (χ0) is 14.8. The topological polar surface area (TPSA) is 39.1 Å². The SMILES string of the molecule is CN(c1ccc(C#N)c(C(F)(F)F)c1)C1CCCNC1.Cl. The number of anilines is 1. The third-order valence-electron chi connectivity index (χ3n) is 3.65. The van der Waals surface area contributed by atoms with E-state index in [4.69, 9.17) is 5.26 Å². The Morgan fingerprint density at radius 3 is 2.62 bits per heavy atom. The van der Waals surface area contributed by atoms with Crippen LogP contribution in [0.3, 0.4) is 0 Å². The van der Waals surface area contributed by atoms with Gasteiger partial charge in [-0.05, 0) is 37.6 Å². The molecule has 0 aromatic heterocycles. The van der Waals surface area contributed by atoms with Gasteiger partial charge in [0.25, 0.3) is 0 Å². The number of likely N-dealkylation sites (N-methyl/N-ethyl adjacent to an activating group) is 1. The Bertz CT molecular complexity index is 519. The van der Waals surface area contributed by atoms with E-state index in [9.17, 15) is 13.2 Å². The van der Waals surface area contributed by atoms with Crippen LogP contribution >= 0.6 is 12.4 Å². The van der Waals surface area contributed by atoms with Crippen molar-refractivity contribution in [3.05, 3.63) is 29.3 Å². The second kappa shape index (κ2) is 7.01. The second-order valence-electron chi connectivity index (χ2n) is 4.95. The van der Waals surface area contributed by atoms with Crippen molar-refractivity contribution in [1.29, 1.82) is 5.26 Å². The summed E-state index contributed by atoms with van der Waals surface area (Å²) in [5, 5.41) is 12.0. The van der Waals surface area contributed by atoms with Crippen molar-refractivity contribution in [3.63, 3.8) is 0 Å². The lowest BCUT2D eigenvalue weighted by molar-refractivity contribution is -0.137. The van der Waals surface area contributed by atoms with Gasteiger partial charge in [0.05, 0.1) is 17.2 Å². The van der Waals surface area contributed by atoms with Crippen molar-refractivity contribution >= 4 is 18.1 Å². The van der Waals surface area contributed by atoms with Crippen LogP contribution in [0.25, 0.3) is 0 Å². The van der Waals surface area contributed by atoms with Crippen molar-refractivity contribution in [3.8, 4) is 6.07 Å². The summed E-state index contributed by atoms with van der Waals surface area (Å²) in [6.07, 6.45) is -2.55. The van der Waals surface area contributed by atoms with Crippen LogP contribution in [-0.4, -0.2) is 26.2 Å². The minimum Gasteiger partial charge on any atom is -0.370 e. The first-order chi connectivity index (χ1) is 9.43. The molecule has 0 aliphatic carbocycles. The number of nitrogens with zero attached hydrogens (tertiary/aromatic N) is 2. The van der Waals surface area contributed by atoms with E-state index in [0.717, 1.165) is 32.0 Å². The molecular weight excluding hydrogens is 303 g/mol. The van der Waals surface area contributed by atoms with Gasteiger partial charge < -0.3 is 10.2 Å². The number of hydrogen-bond acceptors (Lipinski definition) is 3. The van der Waals surface area contributed by atoms with Crippen LogP contribution in [0.1, 0.15) is 24.0 Å². The van der Waals surface area contributed by atoms with Gasteiger partial charge in [0.1, 0.15) is 0 Å². The molecule has 1 N–H and O–H groups in total. The summed E-state index contributed by atoms with van der Waals surface area (Å²) in [5.74, 6) is 0. The van der Waals surface area contributed by atoms with Gasteiger partial charge in [-0.1, -0.05) is 0 Å². The molecule has 7 heteroatoms. The zero-order valence-electron chi connectivity index (χ0n) is 11.6. The van der Waals surface area contributed by atoms with Crippen molar-refractivity contribution in [2.24, 2.45) is 0 Å². The van der Waals surface area contributed by atoms with Crippen LogP contribution in [0.15, 0.2) is 18.2 Å². The molecule has 0 spiro atoms. The molecule has 1 unspecified atom stereocenters. The highest BCUT2D eigenvalue weighted by Crippen LogP contribution is 2.34. The standard InChI is InChI=1S/C14H16F3N3.ClH/c1-20(12-3-2-6-19-9-12)11-5-4-10(8-18)13(7-11)14(15,16)17;/h4-5,7,12,19H,2-3,6,9H2,1H3;1H. The monoisotopic (exact) mass is 319 g/mol. The zero-order valence-corrected chi connectivity index (χ0v) is 12.4. The Morgan fingerprint density at radius 1 is 1.38 bits per heavy atom. The molecule has 1 saturated heterocycles. The van der Waals surface area contributed by atoms with E-state index in [2.05, 4.69) is 5.32 Å². The number of nitrogens with one attached hydrogen (secondary N) is 1. The highest BCUT2D eigenvalue weighted by molar-refractivity contribution is 5.85. The van der Waals surface area contributed by atoms with E-state index >= 15 is 0 Å². The summed E-state index contributed by atoms with van der Waals surface area (Å²) in [4.78, 5) is 1.85. The molecule has 0 bridgehead atoms. The molecule has 1 aromatic carbocycles. The molecule has 1 aliphatic heterocycles. The van der Waals surface area contributed by atoms with E-state index in [1.165, 1.54) is 6.07 Å². The van der Waals surface area contributed by atoms with Crippen LogP contribution in [0.4, 0.5) is 18.9 Å². The second-order valence-corrected chi connectivity index (χ2v) is 4.95. The van der Waals surface area contributed by atoms with Crippen LogP contribution in [-0.2, 0) is 6.18 Å². The first kappa shape index (κ1) is 17.6. The maximum absolute atomic E-state index is 12.9. The molecule has 0 saturated carbocycles. The van der Waals surface area contributed by atoms with Crippen molar-refractivity contribution in [2.75, 3.05) is 25.0 Å². The lowest BCUT2D eigenvalue weighted by atomic mass is 10.0. The Balaban J connectivity index is 0.00000220. The molecule has 3 nitrogen and oxygen atoms in total. The Kier molecular flexibility index (Phi) is 5.87. The molecule has 1 aromatic rings. The smallest absolute Gasteiger partial charge is 0.370 e.